The molecule has 0 amide bonds. The van der Waals surface area contributed by atoms with Crippen LogP contribution in [0.1, 0.15) is 11.1 Å². The summed E-state index contributed by atoms with van der Waals surface area (Å²) < 4.78 is 6.53. The fourth-order valence-corrected chi connectivity index (χ4v) is 2.00. The molecule has 0 aliphatic rings. The van der Waals surface area contributed by atoms with Crippen LogP contribution in [0.2, 0.25) is 0 Å². The molecule has 2 nitrogen and oxygen atoms in total. The maximum absolute atomic E-state index is 9.01. The second kappa shape index (κ2) is 6.23. The van der Waals surface area contributed by atoms with Gasteiger partial charge in [-0.3, -0.25) is 0 Å². The Morgan fingerprint density at radius 1 is 1.11 bits per heavy atom. The molecule has 2 rings (SSSR count). The molecule has 0 saturated heterocycles. The van der Waals surface area contributed by atoms with Crippen molar-refractivity contribution in [2.45, 2.75) is 6.42 Å². The van der Waals surface area contributed by atoms with Crippen molar-refractivity contribution < 1.29 is 4.74 Å². The molecular formula is C15H12BrNO. The Hall–Kier alpha value is -1.79. The van der Waals surface area contributed by atoms with Crippen LogP contribution < -0.4 is 4.74 Å². The SMILES string of the molecule is N#Cc1cc(Br)ccc1OCCc1ccccc1. The van der Waals surface area contributed by atoms with Crippen molar-refractivity contribution in [3.05, 3.63) is 64.1 Å². The van der Waals surface area contributed by atoms with Crippen LogP contribution in [0.15, 0.2) is 53.0 Å². The summed E-state index contributed by atoms with van der Waals surface area (Å²) in [5.41, 5.74) is 1.78. The number of hydrogen-bond donors (Lipinski definition) is 0. The normalized spacial score (nSPS) is 9.78. The zero-order valence-electron chi connectivity index (χ0n) is 9.77. The summed E-state index contributed by atoms with van der Waals surface area (Å²) in [5, 5.41) is 9.01. The number of halogens is 1. The van der Waals surface area contributed by atoms with Gasteiger partial charge < -0.3 is 4.74 Å². The fourth-order valence-electron chi connectivity index (χ4n) is 1.64. The summed E-state index contributed by atoms with van der Waals surface area (Å²) in [7, 11) is 0. The summed E-state index contributed by atoms with van der Waals surface area (Å²) in [6, 6.07) is 17.7. The number of rotatable bonds is 4. The second-order valence-corrected chi connectivity index (χ2v) is 4.75. The zero-order valence-corrected chi connectivity index (χ0v) is 11.4. The first-order valence-electron chi connectivity index (χ1n) is 5.66. The number of ether oxygens (including phenoxy) is 1. The highest BCUT2D eigenvalue weighted by Gasteiger charge is 2.03. The van der Waals surface area contributed by atoms with E-state index in [1.165, 1.54) is 5.56 Å². The minimum absolute atomic E-state index is 0.553. The Balaban J connectivity index is 1.97. The number of nitrogens with zero attached hydrogens (tertiary/aromatic N) is 1. The molecule has 0 N–H and O–H groups in total. The van der Waals surface area contributed by atoms with E-state index in [1.807, 2.05) is 30.3 Å². The van der Waals surface area contributed by atoms with E-state index >= 15 is 0 Å². The van der Waals surface area contributed by atoms with Gasteiger partial charge in [0.15, 0.2) is 0 Å². The molecular weight excluding hydrogens is 290 g/mol. The van der Waals surface area contributed by atoms with E-state index in [9.17, 15) is 0 Å². The second-order valence-electron chi connectivity index (χ2n) is 3.84. The molecule has 90 valence electrons. The Kier molecular flexibility index (Phi) is 4.38. The minimum atomic E-state index is 0.553. The van der Waals surface area contributed by atoms with E-state index in [-0.39, 0.29) is 0 Å². The maximum Gasteiger partial charge on any atom is 0.137 e. The largest absolute Gasteiger partial charge is 0.492 e. The molecule has 0 fully saturated rings. The highest BCUT2D eigenvalue weighted by atomic mass is 79.9. The predicted octanol–water partition coefficient (Wildman–Crippen LogP) is 3.94. The van der Waals surface area contributed by atoms with Crippen LogP contribution in [0.3, 0.4) is 0 Å². The van der Waals surface area contributed by atoms with Crippen molar-refractivity contribution >= 4 is 15.9 Å². The van der Waals surface area contributed by atoms with Gasteiger partial charge in [0.1, 0.15) is 11.8 Å². The van der Waals surface area contributed by atoms with Gasteiger partial charge >= 0.3 is 0 Å². The average molecular weight is 302 g/mol. The van der Waals surface area contributed by atoms with E-state index in [2.05, 4.69) is 34.1 Å². The van der Waals surface area contributed by atoms with Gasteiger partial charge in [-0.2, -0.15) is 5.26 Å². The molecule has 0 spiro atoms. The third-order valence-corrected chi connectivity index (χ3v) is 3.05. The van der Waals surface area contributed by atoms with Gasteiger partial charge in [0.25, 0.3) is 0 Å². The highest BCUT2D eigenvalue weighted by molar-refractivity contribution is 9.10. The molecule has 0 heterocycles. The molecule has 18 heavy (non-hydrogen) atoms. The highest BCUT2D eigenvalue weighted by Crippen LogP contribution is 2.22. The van der Waals surface area contributed by atoms with E-state index < -0.39 is 0 Å². The van der Waals surface area contributed by atoms with Crippen LogP contribution in [0.4, 0.5) is 0 Å². The molecule has 0 bridgehead atoms. The summed E-state index contributed by atoms with van der Waals surface area (Å²) >= 11 is 3.34. The zero-order chi connectivity index (χ0) is 12.8. The lowest BCUT2D eigenvalue weighted by Crippen LogP contribution is -2.02. The van der Waals surface area contributed by atoms with Crippen molar-refractivity contribution in [3.8, 4) is 11.8 Å². The van der Waals surface area contributed by atoms with Gasteiger partial charge in [0, 0.05) is 10.9 Å². The quantitative estimate of drug-likeness (QED) is 0.857. The molecule has 0 saturated carbocycles. The van der Waals surface area contributed by atoms with Gasteiger partial charge in [0.2, 0.25) is 0 Å². The Morgan fingerprint density at radius 3 is 2.61 bits per heavy atom. The average Bonchev–Trinajstić information content (AvgIpc) is 2.41. The van der Waals surface area contributed by atoms with E-state index in [4.69, 9.17) is 10.00 Å². The Labute approximate surface area is 115 Å². The van der Waals surface area contributed by atoms with Crippen molar-refractivity contribution in [3.63, 3.8) is 0 Å². The van der Waals surface area contributed by atoms with E-state index in [0.29, 0.717) is 17.9 Å². The number of benzene rings is 2. The van der Waals surface area contributed by atoms with Crippen molar-refractivity contribution in [1.82, 2.24) is 0 Å². The molecule has 3 heteroatoms. The lowest BCUT2D eigenvalue weighted by molar-refractivity contribution is 0.321. The van der Waals surface area contributed by atoms with Crippen LogP contribution in [-0.2, 0) is 6.42 Å². The van der Waals surface area contributed by atoms with Gasteiger partial charge in [-0.15, -0.1) is 0 Å². The molecule has 0 aliphatic heterocycles. The number of nitriles is 1. The molecule has 0 aliphatic carbocycles. The van der Waals surface area contributed by atoms with Crippen LogP contribution >= 0.6 is 15.9 Å². The predicted molar refractivity (Wildman–Crippen MR) is 74.5 cm³/mol. The van der Waals surface area contributed by atoms with Crippen LogP contribution in [0.25, 0.3) is 0 Å². The third kappa shape index (κ3) is 3.35. The summed E-state index contributed by atoms with van der Waals surface area (Å²) in [6.07, 6.45) is 0.835. The standard InChI is InChI=1S/C15H12BrNO/c16-14-6-7-15(13(10-14)11-17)18-9-8-12-4-2-1-3-5-12/h1-7,10H,8-9H2. The van der Waals surface area contributed by atoms with Crippen LogP contribution in [0.5, 0.6) is 5.75 Å². The summed E-state index contributed by atoms with van der Waals surface area (Å²) in [6.45, 7) is 0.570. The van der Waals surface area contributed by atoms with Gasteiger partial charge in [0.05, 0.1) is 12.2 Å². The Bertz CT molecular complexity index is 560. The molecule has 2 aromatic rings. The van der Waals surface area contributed by atoms with Gasteiger partial charge in [-0.05, 0) is 23.8 Å². The van der Waals surface area contributed by atoms with E-state index in [1.54, 1.807) is 6.07 Å². The number of hydrogen-bond acceptors (Lipinski definition) is 2. The maximum atomic E-state index is 9.01. The first-order chi connectivity index (χ1) is 8.79. The monoisotopic (exact) mass is 301 g/mol. The van der Waals surface area contributed by atoms with Crippen LogP contribution in [0, 0.1) is 11.3 Å². The molecule has 2 aromatic carbocycles. The van der Waals surface area contributed by atoms with Crippen molar-refractivity contribution in [2.24, 2.45) is 0 Å². The lowest BCUT2D eigenvalue weighted by Gasteiger charge is -2.08. The van der Waals surface area contributed by atoms with Crippen molar-refractivity contribution in [1.29, 1.82) is 5.26 Å². The molecule has 0 radical (unpaired) electrons. The topological polar surface area (TPSA) is 33.0 Å². The first kappa shape index (κ1) is 12.7. The Morgan fingerprint density at radius 2 is 1.89 bits per heavy atom. The molecule has 0 unspecified atom stereocenters. The van der Waals surface area contributed by atoms with Crippen LogP contribution in [-0.4, -0.2) is 6.61 Å². The fraction of sp³-hybridized carbons (Fsp3) is 0.133. The van der Waals surface area contributed by atoms with Gasteiger partial charge in [-0.25, -0.2) is 0 Å². The smallest absolute Gasteiger partial charge is 0.137 e. The van der Waals surface area contributed by atoms with Crippen molar-refractivity contribution in [2.75, 3.05) is 6.61 Å². The minimum Gasteiger partial charge on any atom is -0.492 e. The first-order valence-corrected chi connectivity index (χ1v) is 6.45. The third-order valence-electron chi connectivity index (χ3n) is 2.55. The molecule has 0 aromatic heterocycles. The van der Waals surface area contributed by atoms with Gasteiger partial charge in [-0.1, -0.05) is 46.3 Å². The summed E-state index contributed by atoms with van der Waals surface area (Å²) in [5.74, 6) is 0.636. The van der Waals surface area contributed by atoms with E-state index in [0.717, 1.165) is 10.9 Å². The summed E-state index contributed by atoms with van der Waals surface area (Å²) in [4.78, 5) is 0. The lowest BCUT2D eigenvalue weighted by atomic mass is 10.2. The molecule has 0 atom stereocenters.